The molecular weight excluding hydrogens is 502 g/mol. The van der Waals surface area contributed by atoms with Crippen molar-refractivity contribution >= 4 is 39.0 Å². The lowest BCUT2D eigenvalue weighted by atomic mass is 10.1. The van der Waals surface area contributed by atoms with Crippen LogP contribution in [0.2, 0.25) is 0 Å². The summed E-state index contributed by atoms with van der Waals surface area (Å²) in [5.74, 6) is 0.994. The van der Waals surface area contributed by atoms with E-state index in [0.717, 1.165) is 10.9 Å². The highest BCUT2D eigenvalue weighted by molar-refractivity contribution is 9.10. The molecule has 0 fully saturated rings. The van der Waals surface area contributed by atoms with E-state index in [1.54, 1.807) is 44.3 Å². The molecule has 0 radical (unpaired) electrons. The molecule has 0 aliphatic rings. The summed E-state index contributed by atoms with van der Waals surface area (Å²) in [4.78, 5) is 29.9. The first-order valence-corrected chi connectivity index (χ1v) is 11.9. The molecular formula is C25H28BrN3O5. The summed E-state index contributed by atoms with van der Waals surface area (Å²) in [5.41, 5.74) is 1.08. The quantitative estimate of drug-likeness (QED) is 0.289. The van der Waals surface area contributed by atoms with E-state index in [0.29, 0.717) is 33.8 Å². The maximum atomic E-state index is 13.3. The third kappa shape index (κ3) is 5.64. The van der Waals surface area contributed by atoms with Crippen LogP contribution in [-0.4, -0.2) is 41.7 Å². The van der Waals surface area contributed by atoms with Crippen LogP contribution in [0.5, 0.6) is 11.5 Å². The van der Waals surface area contributed by atoms with E-state index < -0.39 is 12.1 Å². The Kier molecular flexibility index (Phi) is 8.44. The standard InChI is InChI=1S/C25H28BrN3O5/c1-6-15(3)23-28-20-10-9-18(26)13-19(20)24(30)29(23)27-14-17-8-11-21(22(12-17)32-5)34-16(4)25(31)33-7-2/h8-16H,6-7H2,1-5H3/t15-,16-/m1/s1. The van der Waals surface area contributed by atoms with Gasteiger partial charge in [-0.05, 0) is 62.2 Å². The van der Waals surface area contributed by atoms with E-state index >= 15 is 0 Å². The van der Waals surface area contributed by atoms with Gasteiger partial charge in [-0.3, -0.25) is 4.79 Å². The largest absolute Gasteiger partial charge is 0.493 e. The first-order chi connectivity index (χ1) is 16.3. The van der Waals surface area contributed by atoms with Crippen LogP contribution in [0.25, 0.3) is 10.9 Å². The number of ether oxygens (including phenoxy) is 3. The number of carbonyl (C=O) groups excluding carboxylic acids is 1. The summed E-state index contributed by atoms with van der Waals surface area (Å²) in [6.07, 6.45) is 1.59. The molecule has 34 heavy (non-hydrogen) atoms. The molecule has 0 amide bonds. The minimum atomic E-state index is -0.784. The van der Waals surface area contributed by atoms with Crippen molar-refractivity contribution in [1.29, 1.82) is 0 Å². The molecule has 0 saturated carbocycles. The third-order valence-electron chi connectivity index (χ3n) is 5.32. The average Bonchev–Trinajstić information content (AvgIpc) is 2.83. The highest BCUT2D eigenvalue weighted by Gasteiger charge is 2.18. The van der Waals surface area contributed by atoms with Crippen LogP contribution in [0, 0.1) is 0 Å². The van der Waals surface area contributed by atoms with E-state index in [1.807, 2.05) is 26.0 Å². The van der Waals surface area contributed by atoms with Gasteiger partial charge >= 0.3 is 5.97 Å². The zero-order chi connectivity index (χ0) is 24.8. The van der Waals surface area contributed by atoms with E-state index in [1.165, 1.54) is 11.8 Å². The molecule has 3 rings (SSSR count). The average molecular weight is 530 g/mol. The van der Waals surface area contributed by atoms with Gasteiger partial charge in [0.25, 0.3) is 5.56 Å². The minimum Gasteiger partial charge on any atom is -0.493 e. The van der Waals surface area contributed by atoms with Crippen LogP contribution in [0.15, 0.2) is 50.8 Å². The number of aromatic nitrogens is 2. The number of fused-ring (bicyclic) bond motifs is 1. The Labute approximate surface area is 206 Å². The summed E-state index contributed by atoms with van der Waals surface area (Å²) in [6, 6.07) is 10.6. The molecule has 0 unspecified atom stereocenters. The maximum Gasteiger partial charge on any atom is 0.347 e. The molecule has 9 heteroatoms. The molecule has 8 nitrogen and oxygen atoms in total. The lowest BCUT2D eigenvalue weighted by Crippen LogP contribution is -2.26. The molecule has 0 saturated heterocycles. The number of hydrogen-bond donors (Lipinski definition) is 0. The van der Waals surface area contributed by atoms with Gasteiger partial charge in [0.15, 0.2) is 17.6 Å². The highest BCUT2D eigenvalue weighted by atomic mass is 79.9. The van der Waals surface area contributed by atoms with E-state index in [9.17, 15) is 9.59 Å². The summed E-state index contributed by atoms with van der Waals surface area (Å²) in [7, 11) is 1.51. The lowest BCUT2D eigenvalue weighted by Gasteiger charge is -2.16. The molecule has 2 aromatic carbocycles. The monoisotopic (exact) mass is 529 g/mol. The topological polar surface area (TPSA) is 92.0 Å². The summed E-state index contributed by atoms with van der Waals surface area (Å²) in [6.45, 7) is 7.68. The first-order valence-electron chi connectivity index (χ1n) is 11.1. The van der Waals surface area contributed by atoms with Crippen molar-refractivity contribution in [2.24, 2.45) is 5.10 Å². The van der Waals surface area contributed by atoms with Gasteiger partial charge in [-0.2, -0.15) is 9.78 Å². The maximum absolute atomic E-state index is 13.3. The molecule has 2 atom stereocenters. The molecule has 3 aromatic rings. The second kappa shape index (κ2) is 11.3. The molecule has 1 heterocycles. The fraction of sp³-hybridized carbons (Fsp3) is 0.360. The number of nitrogens with zero attached hydrogens (tertiary/aromatic N) is 3. The fourth-order valence-electron chi connectivity index (χ4n) is 3.26. The summed E-state index contributed by atoms with van der Waals surface area (Å²) in [5, 5.41) is 4.95. The Morgan fingerprint density at radius 2 is 1.94 bits per heavy atom. The Bertz CT molecular complexity index is 1270. The number of hydrogen-bond acceptors (Lipinski definition) is 7. The second-order valence-electron chi connectivity index (χ2n) is 7.72. The number of benzene rings is 2. The Hall–Kier alpha value is -3.20. The summed E-state index contributed by atoms with van der Waals surface area (Å²) >= 11 is 3.42. The molecule has 1 aromatic heterocycles. The molecule has 0 aliphatic heterocycles. The van der Waals surface area contributed by atoms with Crippen molar-refractivity contribution in [3.8, 4) is 11.5 Å². The van der Waals surface area contributed by atoms with Crippen LogP contribution in [0.3, 0.4) is 0 Å². The van der Waals surface area contributed by atoms with E-state index in [2.05, 4.69) is 21.0 Å². The number of rotatable bonds is 9. The molecule has 180 valence electrons. The van der Waals surface area contributed by atoms with Gasteiger partial charge < -0.3 is 14.2 Å². The van der Waals surface area contributed by atoms with Gasteiger partial charge in [-0.25, -0.2) is 9.78 Å². The van der Waals surface area contributed by atoms with Gasteiger partial charge in [-0.1, -0.05) is 29.8 Å². The Morgan fingerprint density at radius 1 is 1.18 bits per heavy atom. The van der Waals surface area contributed by atoms with E-state index in [-0.39, 0.29) is 18.1 Å². The van der Waals surface area contributed by atoms with Crippen molar-refractivity contribution in [1.82, 2.24) is 9.66 Å². The number of esters is 1. The van der Waals surface area contributed by atoms with Crippen LogP contribution < -0.4 is 15.0 Å². The third-order valence-corrected chi connectivity index (χ3v) is 5.81. The predicted octanol–water partition coefficient (Wildman–Crippen LogP) is 4.89. The highest BCUT2D eigenvalue weighted by Crippen LogP contribution is 2.29. The van der Waals surface area contributed by atoms with Gasteiger partial charge in [0, 0.05) is 10.4 Å². The van der Waals surface area contributed by atoms with E-state index in [4.69, 9.17) is 19.2 Å². The minimum absolute atomic E-state index is 0.0348. The molecule has 0 N–H and O–H groups in total. The van der Waals surface area contributed by atoms with Crippen molar-refractivity contribution in [2.45, 2.75) is 46.1 Å². The SMILES string of the molecule is CCOC(=O)[C@@H](C)Oc1ccc(C=Nn2c([C@H](C)CC)nc3ccc(Br)cc3c2=O)cc1OC. The van der Waals surface area contributed by atoms with Gasteiger partial charge in [0.1, 0.15) is 5.82 Å². The normalized spacial score (nSPS) is 13.1. The predicted molar refractivity (Wildman–Crippen MR) is 135 cm³/mol. The number of halogens is 1. The van der Waals surface area contributed by atoms with Crippen molar-refractivity contribution in [2.75, 3.05) is 13.7 Å². The zero-order valence-electron chi connectivity index (χ0n) is 19.9. The first kappa shape index (κ1) is 25.4. The summed E-state index contributed by atoms with van der Waals surface area (Å²) < 4.78 is 18.3. The fourth-order valence-corrected chi connectivity index (χ4v) is 3.62. The number of methoxy groups -OCH3 is 1. The van der Waals surface area contributed by atoms with Crippen molar-refractivity contribution < 1.29 is 19.0 Å². The van der Waals surface area contributed by atoms with Gasteiger partial charge in [0.05, 0.1) is 30.8 Å². The number of carbonyl (C=O) groups is 1. The second-order valence-corrected chi connectivity index (χ2v) is 8.64. The molecule has 0 spiro atoms. The van der Waals surface area contributed by atoms with Crippen LogP contribution >= 0.6 is 15.9 Å². The zero-order valence-corrected chi connectivity index (χ0v) is 21.5. The van der Waals surface area contributed by atoms with Crippen LogP contribution in [-0.2, 0) is 9.53 Å². The Balaban J connectivity index is 1.98. The van der Waals surface area contributed by atoms with Crippen molar-refractivity contribution in [3.63, 3.8) is 0 Å². The smallest absolute Gasteiger partial charge is 0.347 e. The van der Waals surface area contributed by atoms with Gasteiger partial charge in [-0.15, -0.1) is 0 Å². The molecule has 0 aliphatic carbocycles. The van der Waals surface area contributed by atoms with Crippen LogP contribution in [0.1, 0.15) is 51.4 Å². The Morgan fingerprint density at radius 3 is 2.62 bits per heavy atom. The van der Waals surface area contributed by atoms with Gasteiger partial charge in [0.2, 0.25) is 0 Å². The van der Waals surface area contributed by atoms with Crippen LogP contribution in [0.4, 0.5) is 0 Å². The molecule has 0 bridgehead atoms. The lowest BCUT2D eigenvalue weighted by molar-refractivity contribution is -0.150. The van der Waals surface area contributed by atoms with Crippen molar-refractivity contribution in [3.05, 3.63) is 62.6 Å².